The SMILES string of the molecule is CC(C)(C#N)C(=O)N1CC2(CN(C(=O)c3cnccn3)CC2c2nnc(C(F)(F)c3ccc(Cl)c(Cl)c3)o2)C1. The van der Waals surface area contributed by atoms with Crippen LogP contribution in [-0.2, 0) is 10.7 Å². The smallest absolute Gasteiger partial charge is 0.349 e. The van der Waals surface area contributed by atoms with E-state index in [2.05, 4.69) is 20.2 Å². The maximum Gasteiger partial charge on any atom is 0.349 e. The summed E-state index contributed by atoms with van der Waals surface area (Å²) in [7, 11) is 0. The zero-order chi connectivity index (χ0) is 28.2. The van der Waals surface area contributed by atoms with Gasteiger partial charge < -0.3 is 14.2 Å². The van der Waals surface area contributed by atoms with E-state index in [1.165, 1.54) is 48.3 Å². The topological polar surface area (TPSA) is 129 Å². The van der Waals surface area contributed by atoms with Crippen molar-refractivity contribution in [3.05, 3.63) is 69.9 Å². The molecule has 0 radical (unpaired) electrons. The molecule has 0 N–H and O–H groups in total. The van der Waals surface area contributed by atoms with E-state index in [-0.39, 0.29) is 53.7 Å². The van der Waals surface area contributed by atoms with E-state index in [1.807, 2.05) is 6.07 Å². The van der Waals surface area contributed by atoms with Gasteiger partial charge in [0.1, 0.15) is 11.1 Å². The number of carbonyl (C=O) groups excluding carboxylic acids is 2. The summed E-state index contributed by atoms with van der Waals surface area (Å²) in [4.78, 5) is 37.1. The van der Waals surface area contributed by atoms with E-state index in [1.54, 1.807) is 0 Å². The Morgan fingerprint density at radius 3 is 2.49 bits per heavy atom. The second-order valence-corrected chi connectivity index (χ2v) is 11.1. The highest BCUT2D eigenvalue weighted by molar-refractivity contribution is 6.42. The van der Waals surface area contributed by atoms with Crippen LogP contribution in [0, 0.1) is 22.2 Å². The molecule has 0 bridgehead atoms. The van der Waals surface area contributed by atoms with Gasteiger partial charge in [0, 0.05) is 49.6 Å². The lowest BCUT2D eigenvalue weighted by atomic mass is 9.70. The van der Waals surface area contributed by atoms with Gasteiger partial charge >= 0.3 is 5.92 Å². The normalized spacial score (nSPS) is 18.6. The summed E-state index contributed by atoms with van der Waals surface area (Å²) in [5.74, 6) is -6.14. The Bertz CT molecular complexity index is 1490. The molecular formula is C25H21Cl2F2N7O3. The van der Waals surface area contributed by atoms with E-state index in [9.17, 15) is 14.9 Å². The molecule has 5 rings (SSSR count). The highest BCUT2D eigenvalue weighted by Crippen LogP contribution is 2.50. The summed E-state index contributed by atoms with van der Waals surface area (Å²) in [5.41, 5.74) is -2.36. The van der Waals surface area contributed by atoms with Crippen LogP contribution in [0.2, 0.25) is 10.0 Å². The van der Waals surface area contributed by atoms with Gasteiger partial charge in [-0.05, 0) is 26.0 Å². The minimum absolute atomic E-state index is 0.0546. The number of alkyl halides is 2. The largest absolute Gasteiger partial charge is 0.419 e. The second kappa shape index (κ2) is 9.50. The number of likely N-dealkylation sites (tertiary alicyclic amines) is 2. The lowest BCUT2D eigenvalue weighted by Crippen LogP contribution is -2.63. The van der Waals surface area contributed by atoms with Crippen molar-refractivity contribution < 1.29 is 22.8 Å². The molecule has 2 aliphatic heterocycles. The predicted molar refractivity (Wildman–Crippen MR) is 133 cm³/mol. The lowest BCUT2D eigenvalue weighted by molar-refractivity contribution is -0.150. The number of benzene rings is 1. The van der Waals surface area contributed by atoms with Gasteiger partial charge in [-0.1, -0.05) is 29.3 Å². The fourth-order valence-electron chi connectivity index (χ4n) is 4.97. The van der Waals surface area contributed by atoms with Gasteiger partial charge in [-0.25, -0.2) is 4.98 Å². The number of hydrogen-bond acceptors (Lipinski definition) is 8. The third-order valence-corrected chi connectivity index (χ3v) is 7.86. The fourth-order valence-corrected chi connectivity index (χ4v) is 5.27. The predicted octanol–water partition coefficient (Wildman–Crippen LogP) is 3.92. The van der Waals surface area contributed by atoms with Gasteiger partial charge in [-0.15, -0.1) is 10.2 Å². The molecule has 4 heterocycles. The summed E-state index contributed by atoms with van der Waals surface area (Å²) in [6, 6.07) is 5.38. The van der Waals surface area contributed by atoms with Gasteiger partial charge in [-0.3, -0.25) is 14.6 Å². The molecule has 14 heteroatoms. The van der Waals surface area contributed by atoms with E-state index < -0.39 is 40.0 Å². The number of carbonyl (C=O) groups is 2. The van der Waals surface area contributed by atoms with E-state index >= 15 is 8.78 Å². The number of halogens is 4. The monoisotopic (exact) mass is 575 g/mol. The van der Waals surface area contributed by atoms with Crippen LogP contribution in [0.4, 0.5) is 8.78 Å². The molecule has 1 atom stereocenters. The highest BCUT2D eigenvalue weighted by atomic mass is 35.5. The number of aromatic nitrogens is 4. The Hall–Kier alpha value is -3.69. The second-order valence-electron chi connectivity index (χ2n) is 10.2. The molecule has 1 unspecified atom stereocenters. The van der Waals surface area contributed by atoms with Crippen LogP contribution in [0.5, 0.6) is 0 Å². The third kappa shape index (κ3) is 4.59. The van der Waals surface area contributed by atoms with Crippen LogP contribution < -0.4 is 0 Å². The fraction of sp³-hybridized carbons (Fsp3) is 0.400. The van der Waals surface area contributed by atoms with Crippen LogP contribution >= 0.6 is 23.2 Å². The Morgan fingerprint density at radius 2 is 1.85 bits per heavy atom. The highest BCUT2D eigenvalue weighted by Gasteiger charge is 2.60. The number of rotatable bonds is 5. The minimum atomic E-state index is -3.67. The van der Waals surface area contributed by atoms with E-state index in [0.717, 1.165) is 12.1 Å². The Kier molecular flexibility index (Phi) is 6.55. The maximum atomic E-state index is 15.3. The van der Waals surface area contributed by atoms with Crippen molar-refractivity contribution in [2.75, 3.05) is 26.2 Å². The molecule has 3 aromatic rings. The minimum Gasteiger partial charge on any atom is -0.419 e. The average molecular weight is 576 g/mol. The van der Waals surface area contributed by atoms with Crippen molar-refractivity contribution >= 4 is 35.0 Å². The molecule has 39 heavy (non-hydrogen) atoms. The first-order chi connectivity index (χ1) is 18.4. The van der Waals surface area contributed by atoms with Gasteiger partial charge in [0.2, 0.25) is 11.8 Å². The van der Waals surface area contributed by atoms with Crippen LogP contribution in [-0.4, -0.2) is 68.0 Å². The van der Waals surface area contributed by atoms with E-state index in [0.29, 0.717) is 0 Å². The number of hydrogen-bond donors (Lipinski definition) is 0. The van der Waals surface area contributed by atoms with Gasteiger partial charge in [0.05, 0.1) is 28.2 Å². The molecular weight excluding hydrogens is 555 g/mol. The first-order valence-electron chi connectivity index (χ1n) is 11.8. The third-order valence-electron chi connectivity index (χ3n) is 7.12. The summed E-state index contributed by atoms with van der Waals surface area (Å²) in [6.45, 7) is 3.64. The van der Waals surface area contributed by atoms with Gasteiger partial charge in [0.25, 0.3) is 11.8 Å². The Morgan fingerprint density at radius 1 is 1.13 bits per heavy atom. The number of nitriles is 1. The lowest BCUT2D eigenvalue weighted by Gasteiger charge is -2.51. The molecule has 2 fully saturated rings. The van der Waals surface area contributed by atoms with Crippen LogP contribution in [0.1, 0.15) is 47.6 Å². The summed E-state index contributed by atoms with van der Waals surface area (Å²) in [6.07, 6.45) is 4.15. The molecule has 2 aromatic heterocycles. The Labute approximate surface area is 231 Å². The van der Waals surface area contributed by atoms with Crippen molar-refractivity contribution in [1.29, 1.82) is 5.26 Å². The summed E-state index contributed by atoms with van der Waals surface area (Å²) in [5, 5.41) is 17.0. The van der Waals surface area contributed by atoms with Crippen LogP contribution in [0.25, 0.3) is 0 Å². The molecule has 202 valence electrons. The standard InChI is InChI=1S/C25H21Cl2F2N7O3/c1-23(2,10-30)22(38)36-12-24(13-36)11-35(20(37)18-8-31-5-6-32-18)9-15(24)19-33-34-21(39-19)25(28,29)14-3-4-16(26)17(27)7-14/h3-8,15H,9,11-13H2,1-2H3. The van der Waals surface area contributed by atoms with Crippen molar-refractivity contribution in [3.8, 4) is 6.07 Å². The first kappa shape index (κ1) is 26.9. The van der Waals surface area contributed by atoms with Gasteiger partial charge in [-0.2, -0.15) is 14.0 Å². The zero-order valence-corrected chi connectivity index (χ0v) is 22.2. The molecule has 1 aromatic carbocycles. The molecule has 0 aliphatic carbocycles. The molecule has 2 saturated heterocycles. The molecule has 2 aliphatic rings. The van der Waals surface area contributed by atoms with Crippen LogP contribution in [0.15, 0.2) is 41.2 Å². The van der Waals surface area contributed by atoms with Crippen molar-refractivity contribution in [3.63, 3.8) is 0 Å². The Balaban J connectivity index is 1.45. The number of amides is 2. The number of nitrogens with zero attached hydrogens (tertiary/aromatic N) is 7. The maximum absolute atomic E-state index is 15.3. The molecule has 10 nitrogen and oxygen atoms in total. The van der Waals surface area contributed by atoms with Crippen molar-refractivity contribution in [1.82, 2.24) is 30.0 Å². The zero-order valence-electron chi connectivity index (χ0n) is 20.7. The first-order valence-corrected chi connectivity index (χ1v) is 12.6. The molecule has 1 spiro atoms. The van der Waals surface area contributed by atoms with E-state index in [4.69, 9.17) is 27.6 Å². The average Bonchev–Trinajstić information content (AvgIpc) is 3.55. The van der Waals surface area contributed by atoms with Crippen molar-refractivity contribution in [2.24, 2.45) is 10.8 Å². The summed E-state index contributed by atoms with van der Waals surface area (Å²) >= 11 is 11.8. The van der Waals surface area contributed by atoms with Crippen LogP contribution in [0.3, 0.4) is 0 Å². The summed E-state index contributed by atoms with van der Waals surface area (Å²) < 4.78 is 36.1. The molecule has 0 saturated carbocycles. The quantitative estimate of drug-likeness (QED) is 0.447. The molecule has 2 amide bonds. The van der Waals surface area contributed by atoms with Gasteiger partial charge in [0.15, 0.2) is 0 Å². The van der Waals surface area contributed by atoms with Crippen molar-refractivity contribution in [2.45, 2.75) is 25.7 Å².